The average Bonchev–Trinajstić information content (AvgIpc) is 2.61. The second kappa shape index (κ2) is 4.11. The van der Waals surface area contributed by atoms with Gasteiger partial charge in [-0.1, -0.05) is 0 Å². The molecule has 0 N–H and O–H groups in total. The number of carbonyl (C=O) groups excluding carboxylic acids is 1. The predicted octanol–water partition coefficient (Wildman–Crippen LogP) is 2.01. The van der Waals surface area contributed by atoms with E-state index < -0.39 is 0 Å². The summed E-state index contributed by atoms with van der Waals surface area (Å²) >= 11 is 1.52. The number of hydrogen-bond donors (Lipinski definition) is 0. The molecule has 0 bridgehead atoms. The van der Waals surface area contributed by atoms with Gasteiger partial charge in [-0.15, -0.1) is 11.3 Å². The number of rotatable bonds is 2. The maximum Gasteiger partial charge on any atom is 0.339 e. The molecule has 1 radical (unpaired) electrons. The van der Waals surface area contributed by atoms with Crippen molar-refractivity contribution in [1.29, 1.82) is 0 Å². The van der Waals surface area contributed by atoms with Crippen LogP contribution in [0.15, 0.2) is 5.38 Å². The van der Waals surface area contributed by atoms with Crippen molar-refractivity contribution in [3.8, 4) is 0 Å². The van der Waals surface area contributed by atoms with Crippen LogP contribution in [0.25, 0.3) is 0 Å². The molecule has 0 unspecified atom stereocenters. The summed E-state index contributed by atoms with van der Waals surface area (Å²) in [6.07, 6.45) is 0.795. The summed E-state index contributed by atoms with van der Waals surface area (Å²) in [5, 5.41) is 1.84. The van der Waals surface area contributed by atoms with Crippen molar-refractivity contribution >= 4 is 17.3 Å². The van der Waals surface area contributed by atoms with Gasteiger partial charge in [-0.25, -0.2) is 4.79 Å². The molecule has 2 heterocycles. The number of esters is 1. The van der Waals surface area contributed by atoms with Gasteiger partial charge in [0.1, 0.15) is 6.61 Å². The summed E-state index contributed by atoms with van der Waals surface area (Å²) in [4.78, 5) is 12.5. The second-order valence-electron chi connectivity index (χ2n) is 2.95. The third-order valence-electron chi connectivity index (χ3n) is 2.08. The SMILES string of the molecule is CCOC(=O)c1csc2c1CCO[CH]2. The number of hydrogen-bond acceptors (Lipinski definition) is 4. The smallest absolute Gasteiger partial charge is 0.339 e. The van der Waals surface area contributed by atoms with E-state index in [1.165, 1.54) is 11.3 Å². The topological polar surface area (TPSA) is 35.5 Å². The van der Waals surface area contributed by atoms with Crippen LogP contribution >= 0.6 is 11.3 Å². The van der Waals surface area contributed by atoms with Gasteiger partial charge in [-0.05, 0) is 18.9 Å². The van der Waals surface area contributed by atoms with Crippen LogP contribution < -0.4 is 0 Å². The number of carbonyl (C=O) groups is 1. The highest BCUT2D eigenvalue weighted by atomic mass is 32.1. The molecule has 0 atom stereocenters. The molecule has 1 aliphatic heterocycles. The summed E-state index contributed by atoms with van der Waals surface area (Å²) in [7, 11) is 0. The highest BCUT2D eigenvalue weighted by molar-refractivity contribution is 7.10. The van der Waals surface area contributed by atoms with Crippen molar-refractivity contribution in [2.75, 3.05) is 13.2 Å². The van der Waals surface area contributed by atoms with Crippen LogP contribution in [0.3, 0.4) is 0 Å². The van der Waals surface area contributed by atoms with Gasteiger partial charge in [-0.3, -0.25) is 0 Å². The van der Waals surface area contributed by atoms with E-state index in [1.54, 1.807) is 6.61 Å². The first kappa shape index (κ1) is 9.68. The average molecular weight is 211 g/mol. The predicted molar refractivity (Wildman–Crippen MR) is 53.3 cm³/mol. The lowest BCUT2D eigenvalue weighted by molar-refractivity contribution is 0.0525. The Morgan fingerprint density at radius 3 is 3.36 bits per heavy atom. The van der Waals surface area contributed by atoms with E-state index in [9.17, 15) is 4.79 Å². The quantitative estimate of drug-likeness (QED) is 0.702. The molecule has 0 spiro atoms. The van der Waals surface area contributed by atoms with Crippen LogP contribution in [0, 0.1) is 6.61 Å². The van der Waals surface area contributed by atoms with E-state index in [2.05, 4.69) is 0 Å². The molecular weight excluding hydrogens is 200 g/mol. The highest BCUT2D eigenvalue weighted by Crippen LogP contribution is 2.28. The van der Waals surface area contributed by atoms with Gasteiger partial charge < -0.3 is 9.47 Å². The Morgan fingerprint density at radius 2 is 2.57 bits per heavy atom. The summed E-state index contributed by atoms with van der Waals surface area (Å²) < 4.78 is 10.1. The van der Waals surface area contributed by atoms with Gasteiger partial charge in [0, 0.05) is 10.3 Å². The maximum absolute atomic E-state index is 11.5. The molecular formula is C10H11O3S. The minimum absolute atomic E-state index is 0.222. The molecule has 0 saturated heterocycles. The van der Waals surface area contributed by atoms with Crippen LogP contribution in [-0.2, 0) is 15.9 Å². The molecule has 4 heteroatoms. The standard InChI is InChI=1S/C10H11O3S/c1-2-13-10(11)8-6-14-9-5-12-4-3-7(8)9/h5-6H,2-4H2,1H3. The molecule has 0 amide bonds. The molecule has 0 aliphatic carbocycles. The van der Waals surface area contributed by atoms with Gasteiger partial charge in [0.15, 0.2) is 0 Å². The Bertz CT molecular complexity index is 343. The Kier molecular flexibility index (Phi) is 2.84. The van der Waals surface area contributed by atoms with Gasteiger partial charge in [0.25, 0.3) is 0 Å². The summed E-state index contributed by atoms with van der Waals surface area (Å²) in [5.74, 6) is -0.222. The normalized spacial score (nSPS) is 14.9. The van der Waals surface area contributed by atoms with E-state index in [0.29, 0.717) is 18.8 Å². The van der Waals surface area contributed by atoms with E-state index in [0.717, 1.165) is 16.9 Å². The zero-order chi connectivity index (χ0) is 9.97. The van der Waals surface area contributed by atoms with E-state index >= 15 is 0 Å². The molecule has 1 aromatic heterocycles. The summed E-state index contributed by atoms with van der Waals surface area (Å²) in [5.41, 5.74) is 1.77. The van der Waals surface area contributed by atoms with Crippen LogP contribution in [0.4, 0.5) is 0 Å². The van der Waals surface area contributed by atoms with Crippen LogP contribution in [0.5, 0.6) is 0 Å². The Labute approximate surface area is 86.6 Å². The monoisotopic (exact) mass is 211 g/mol. The number of fused-ring (bicyclic) bond motifs is 1. The lowest BCUT2D eigenvalue weighted by Crippen LogP contribution is -2.11. The van der Waals surface area contributed by atoms with Crippen LogP contribution in [0.2, 0.25) is 0 Å². The fourth-order valence-corrected chi connectivity index (χ4v) is 2.39. The second-order valence-corrected chi connectivity index (χ2v) is 3.86. The molecule has 14 heavy (non-hydrogen) atoms. The number of ether oxygens (including phenoxy) is 2. The molecule has 2 rings (SSSR count). The minimum Gasteiger partial charge on any atom is -0.462 e. The van der Waals surface area contributed by atoms with E-state index in [1.807, 2.05) is 12.3 Å². The van der Waals surface area contributed by atoms with Crippen molar-refractivity contribution in [3.63, 3.8) is 0 Å². The fraction of sp³-hybridized carbons (Fsp3) is 0.400. The first-order valence-electron chi connectivity index (χ1n) is 4.55. The Morgan fingerprint density at radius 1 is 1.71 bits per heavy atom. The van der Waals surface area contributed by atoms with E-state index in [-0.39, 0.29) is 5.97 Å². The van der Waals surface area contributed by atoms with Crippen LogP contribution in [-0.4, -0.2) is 19.2 Å². The molecule has 0 fully saturated rings. The molecule has 3 nitrogen and oxygen atoms in total. The molecule has 75 valence electrons. The zero-order valence-electron chi connectivity index (χ0n) is 7.91. The summed E-state index contributed by atoms with van der Waals surface area (Å²) in [6, 6.07) is 0. The van der Waals surface area contributed by atoms with Crippen molar-refractivity contribution in [3.05, 3.63) is 28.0 Å². The van der Waals surface area contributed by atoms with Gasteiger partial charge in [0.2, 0.25) is 0 Å². The van der Waals surface area contributed by atoms with Crippen LogP contribution in [0.1, 0.15) is 27.7 Å². The Hall–Kier alpha value is -0.870. The fourth-order valence-electron chi connectivity index (χ4n) is 1.43. The van der Waals surface area contributed by atoms with E-state index in [4.69, 9.17) is 9.47 Å². The van der Waals surface area contributed by atoms with Gasteiger partial charge in [-0.2, -0.15) is 0 Å². The largest absolute Gasteiger partial charge is 0.462 e. The van der Waals surface area contributed by atoms with Crippen molar-refractivity contribution in [2.45, 2.75) is 13.3 Å². The molecule has 1 aliphatic rings. The lowest BCUT2D eigenvalue weighted by atomic mass is 10.1. The van der Waals surface area contributed by atoms with Crippen molar-refractivity contribution < 1.29 is 14.3 Å². The molecule has 0 saturated carbocycles. The van der Waals surface area contributed by atoms with Gasteiger partial charge in [0.05, 0.1) is 18.8 Å². The first-order valence-corrected chi connectivity index (χ1v) is 5.43. The number of thiophene rings is 1. The summed E-state index contributed by atoms with van der Waals surface area (Å²) in [6.45, 7) is 4.60. The van der Waals surface area contributed by atoms with Crippen molar-refractivity contribution in [2.24, 2.45) is 0 Å². The zero-order valence-corrected chi connectivity index (χ0v) is 8.73. The van der Waals surface area contributed by atoms with Crippen molar-refractivity contribution in [1.82, 2.24) is 0 Å². The third-order valence-corrected chi connectivity index (χ3v) is 3.03. The first-order chi connectivity index (χ1) is 6.83. The highest BCUT2D eigenvalue weighted by Gasteiger charge is 2.21. The molecule has 1 aromatic rings. The minimum atomic E-state index is -0.222. The Balaban J connectivity index is 2.25. The lowest BCUT2D eigenvalue weighted by Gasteiger charge is -2.12. The van der Waals surface area contributed by atoms with Gasteiger partial charge >= 0.3 is 5.97 Å². The third kappa shape index (κ3) is 1.67. The molecule has 0 aromatic carbocycles. The maximum atomic E-state index is 11.5.